The second-order valence-corrected chi connectivity index (χ2v) is 8.14. The summed E-state index contributed by atoms with van der Waals surface area (Å²) in [6.07, 6.45) is 1.01. The Kier molecular flexibility index (Phi) is 4.46. The highest BCUT2D eigenvalue weighted by molar-refractivity contribution is 6.32. The molecule has 4 rings (SSSR count). The first-order chi connectivity index (χ1) is 12.2. The van der Waals surface area contributed by atoms with Crippen LogP contribution in [0.4, 0.5) is 13.2 Å². The lowest BCUT2D eigenvalue weighted by Crippen LogP contribution is -2.49. The molecule has 1 amide bonds. The molecule has 2 atom stereocenters. The number of rotatable bonds is 4. The fraction of sp³-hybridized carbons (Fsp3) is 0.765. The fourth-order valence-corrected chi connectivity index (χ4v) is 4.84. The summed E-state index contributed by atoms with van der Waals surface area (Å²) in [4.78, 5) is 14.8. The third kappa shape index (κ3) is 3.33. The lowest BCUT2D eigenvalue weighted by atomic mass is 9.98. The molecule has 5 nitrogen and oxygen atoms in total. The summed E-state index contributed by atoms with van der Waals surface area (Å²) in [6, 6.07) is 1.04. The van der Waals surface area contributed by atoms with Crippen molar-refractivity contribution in [1.82, 2.24) is 20.0 Å². The van der Waals surface area contributed by atoms with Gasteiger partial charge in [-0.3, -0.25) is 9.48 Å². The minimum absolute atomic E-state index is 0.0296. The van der Waals surface area contributed by atoms with E-state index >= 15 is 0 Å². The summed E-state index contributed by atoms with van der Waals surface area (Å²) in [6.45, 7) is -0.219. The van der Waals surface area contributed by atoms with Crippen LogP contribution in [0, 0.1) is 0 Å². The Hall–Kier alpha value is -1.28. The summed E-state index contributed by atoms with van der Waals surface area (Å²) in [5.41, 5.74) is -0.746. The van der Waals surface area contributed by atoms with Crippen LogP contribution in [0.25, 0.3) is 0 Å². The van der Waals surface area contributed by atoms with Gasteiger partial charge in [-0.1, -0.05) is 11.6 Å². The Morgan fingerprint density at radius 2 is 1.85 bits per heavy atom. The fourth-order valence-electron chi connectivity index (χ4n) is 4.44. The van der Waals surface area contributed by atoms with Gasteiger partial charge in [-0.05, 0) is 45.6 Å². The number of nitrogens with one attached hydrogen (secondary N) is 1. The molecular formula is C17H22ClF3N4O. The normalized spacial score (nSPS) is 29.2. The third-order valence-corrected chi connectivity index (χ3v) is 6.29. The average molecular weight is 391 g/mol. The number of aromatic nitrogens is 2. The number of hydrogen-bond donors (Lipinski definition) is 1. The Morgan fingerprint density at radius 1 is 1.23 bits per heavy atom. The van der Waals surface area contributed by atoms with E-state index < -0.39 is 11.9 Å². The van der Waals surface area contributed by atoms with Crippen molar-refractivity contribution in [1.29, 1.82) is 0 Å². The summed E-state index contributed by atoms with van der Waals surface area (Å²) in [5, 5.41) is 6.26. The highest BCUT2D eigenvalue weighted by Gasteiger charge is 2.43. The number of carbonyl (C=O) groups excluding carboxylic acids is 1. The number of piperidine rings is 1. The van der Waals surface area contributed by atoms with Gasteiger partial charge in [0.2, 0.25) is 5.91 Å². The van der Waals surface area contributed by atoms with E-state index in [1.165, 1.54) is 0 Å². The van der Waals surface area contributed by atoms with Crippen molar-refractivity contribution in [2.75, 3.05) is 7.05 Å². The van der Waals surface area contributed by atoms with Crippen molar-refractivity contribution >= 4 is 17.5 Å². The van der Waals surface area contributed by atoms with Gasteiger partial charge in [0.1, 0.15) is 6.54 Å². The summed E-state index contributed by atoms with van der Waals surface area (Å²) < 4.78 is 40.5. The SMILES string of the molecule is CN1C2CCC1CC(NC(=O)Cn1nc(C(F)(F)F)c(Cl)c1C1CC1)C2. The van der Waals surface area contributed by atoms with E-state index in [9.17, 15) is 18.0 Å². The molecule has 1 N–H and O–H groups in total. The van der Waals surface area contributed by atoms with Crippen molar-refractivity contribution in [3.8, 4) is 0 Å². The van der Waals surface area contributed by atoms with Crippen molar-refractivity contribution in [3.63, 3.8) is 0 Å². The molecule has 3 fully saturated rings. The van der Waals surface area contributed by atoms with Crippen LogP contribution >= 0.6 is 11.6 Å². The number of halogens is 4. The predicted molar refractivity (Wildman–Crippen MR) is 90.0 cm³/mol. The van der Waals surface area contributed by atoms with Gasteiger partial charge in [0.05, 0.1) is 10.7 Å². The Balaban J connectivity index is 1.46. The third-order valence-electron chi connectivity index (χ3n) is 5.92. The van der Waals surface area contributed by atoms with Gasteiger partial charge in [0.15, 0.2) is 5.69 Å². The van der Waals surface area contributed by atoms with Crippen LogP contribution in [-0.4, -0.2) is 45.8 Å². The van der Waals surface area contributed by atoms with E-state index in [1.807, 2.05) is 0 Å². The zero-order valence-corrected chi connectivity index (χ0v) is 15.3. The monoisotopic (exact) mass is 390 g/mol. The zero-order chi connectivity index (χ0) is 18.6. The molecule has 1 aliphatic carbocycles. The molecule has 2 aliphatic heterocycles. The molecule has 0 radical (unpaired) electrons. The molecule has 2 bridgehead atoms. The van der Waals surface area contributed by atoms with Crippen LogP contribution in [0.15, 0.2) is 0 Å². The van der Waals surface area contributed by atoms with Gasteiger partial charge in [0, 0.05) is 24.0 Å². The molecule has 9 heteroatoms. The number of amides is 1. The van der Waals surface area contributed by atoms with Crippen LogP contribution in [0.5, 0.6) is 0 Å². The van der Waals surface area contributed by atoms with E-state index in [-0.39, 0.29) is 29.4 Å². The van der Waals surface area contributed by atoms with Crippen LogP contribution in [0.2, 0.25) is 5.02 Å². The van der Waals surface area contributed by atoms with Gasteiger partial charge < -0.3 is 10.2 Å². The predicted octanol–water partition coefficient (Wildman–Crippen LogP) is 3.17. The number of hydrogen-bond acceptors (Lipinski definition) is 3. The first-order valence-electron chi connectivity index (χ1n) is 9.08. The maximum absolute atomic E-state index is 13.1. The maximum atomic E-state index is 13.1. The first kappa shape index (κ1) is 18.1. The molecule has 1 saturated carbocycles. The second kappa shape index (κ2) is 6.41. The zero-order valence-electron chi connectivity index (χ0n) is 14.5. The lowest BCUT2D eigenvalue weighted by Gasteiger charge is -2.36. The maximum Gasteiger partial charge on any atom is 0.436 e. The summed E-state index contributed by atoms with van der Waals surface area (Å²) >= 11 is 5.95. The largest absolute Gasteiger partial charge is 0.436 e. The highest BCUT2D eigenvalue weighted by atomic mass is 35.5. The second-order valence-electron chi connectivity index (χ2n) is 7.76. The van der Waals surface area contributed by atoms with E-state index in [0.717, 1.165) is 43.2 Å². The van der Waals surface area contributed by atoms with Crippen molar-refractivity contribution < 1.29 is 18.0 Å². The van der Waals surface area contributed by atoms with E-state index in [2.05, 4.69) is 22.4 Å². The van der Waals surface area contributed by atoms with Crippen molar-refractivity contribution in [3.05, 3.63) is 16.4 Å². The van der Waals surface area contributed by atoms with Crippen LogP contribution in [-0.2, 0) is 17.5 Å². The minimum Gasteiger partial charge on any atom is -0.352 e. The minimum atomic E-state index is -4.62. The lowest BCUT2D eigenvalue weighted by molar-refractivity contribution is -0.141. The van der Waals surface area contributed by atoms with Gasteiger partial charge in [-0.15, -0.1) is 0 Å². The topological polar surface area (TPSA) is 50.2 Å². The smallest absolute Gasteiger partial charge is 0.352 e. The van der Waals surface area contributed by atoms with Gasteiger partial charge in [0.25, 0.3) is 0 Å². The van der Waals surface area contributed by atoms with E-state index in [0.29, 0.717) is 17.8 Å². The van der Waals surface area contributed by atoms with Gasteiger partial charge in [-0.25, -0.2) is 0 Å². The van der Waals surface area contributed by atoms with Crippen molar-refractivity contribution in [2.24, 2.45) is 0 Å². The number of nitrogens with zero attached hydrogens (tertiary/aromatic N) is 3. The Bertz CT molecular complexity index is 702. The molecule has 0 aromatic carbocycles. The van der Waals surface area contributed by atoms with Gasteiger partial charge >= 0.3 is 6.18 Å². The standard InChI is InChI=1S/C17H22ClF3N4O/c1-24-11-4-5-12(24)7-10(6-11)22-13(26)8-25-15(9-2-3-9)14(18)16(23-25)17(19,20)21/h9-12H,2-8H2,1H3,(H,22,26). The van der Waals surface area contributed by atoms with Crippen molar-refractivity contribution in [2.45, 2.75) is 75.3 Å². The van der Waals surface area contributed by atoms with Gasteiger partial charge in [-0.2, -0.15) is 18.3 Å². The van der Waals surface area contributed by atoms with E-state index in [1.54, 1.807) is 0 Å². The average Bonchev–Trinajstić information content (AvgIpc) is 3.28. The molecule has 144 valence electrons. The quantitative estimate of drug-likeness (QED) is 0.859. The molecule has 3 heterocycles. The number of carbonyl (C=O) groups is 1. The molecule has 3 aliphatic rings. The molecule has 2 unspecified atom stereocenters. The van der Waals surface area contributed by atoms with Crippen LogP contribution in [0.1, 0.15) is 55.8 Å². The molecule has 1 aromatic rings. The summed E-state index contributed by atoms with van der Waals surface area (Å²) in [5.74, 6) is -0.327. The number of alkyl halides is 3. The number of fused-ring (bicyclic) bond motifs is 2. The Morgan fingerprint density at radius 3 is 2.38 bits per heavy atom. The molecule has 2 saturated heterocycles. The Labute approximate surface area is 154 Å². The van der Waals surface area contributed by atoms with Crippen LogP contribution in [0.3, 0.4) is 0 Å². The molecular weight excluding hydrogens is 369 g/mol. The highest BCUT2D eigenvalue weighted by Crippen LogP contribution is 2.46. The van der Waals surface area contributed by atoms with E-state index in [4.69, 9.17) is 11.6 Å². The molecule has 0 spiro atoms. The molecule has 1 aromatic heterocycles. The first-order valence-corrected chi connectivity index (χ1v) is 9.46. The van der Waals surface area contributed by atoms with Crippen LogP contribution < -0.4 is 5.32 Å². The summed E-state index contributed by atoms with van der Waals surface area (Å²) in [7, 11) is 2.12. The molecule has 26 heavy (non-hydrogen) atoms.